The first-order valence-corrected chi connectivity index (χ1v) is 13.2. The van der Waals surface area contributed by atoms with Crippen LogP contribution in [0.15, 0.2) is 88.6 Å². The highest BCUT2D eigenvalue weighted by atomic mass is 32.2. The molecule has 0 unspecified atom stereocenters. The number of aromatic nitrogens is 1. The lowest BCUT2D eigenvalue weighted by atomic mass is 9.79. The third kappa shape index (κ3) is 5.27. The Kier molecular flexibility index (Phi) is 6.56. The van der Waals surface area contributed by atoms with E-state index in [1.807, 2.05) is 55.5 Å². The fraction of sp³-hybridized carbons (Fsp3) is 0.269. The van der Waals surface area contributed by atoms with Gasteiger partial charge in [-0.15, -0.1) is 0 Å². The Morgan fingerprint density at radius 1 is 0.970 bits per heavy atom. The Morgan fingerprint density at radius 2 is 1.61 bits per heavy atom. The molecule has 7 heteroatoms. The third-order valence-corrected chi connectivity index (χ3v) is 8.39. The van der Waals surface area contributed by atoms with Crippen LogP contribution in [0.4, 0.5) is 0 Å². The molecular formula is C26H28N2O3S2. The minimum Gasteiger partial charge on any atom is -0.294 e. The fourth-order valence-electron chi connectivity index (χ4n) is 4.28. The molecular weight excluding hydrogens is 452 g/mol. The molecule has 0 aliphatic heterocycles. The SMILES string of the molecule is C[C@H](CC(C)(C)c1ccccc1)NS(=O)(=O)c1ccc2c(c1)sc(=O)n2Cc1ccccc1. The van der Waals surface area contributed by atoms with Gasteiger partial charge in [0.15, 0.2) is 0 Å². The summed E-state index contributed by atoms with van der Waals surface area (Å²) in [6, 6.07) is 24.5. The standard InChI is InChI=1S/C26H28N2O3S2/c1-19(17-26(2,3)21-12-8-5-9-13-21)27-33(30,31)22-14-15-23-24(16-22)32-25(29)28(23)18-20-10-6-4-7-11-20/h4-16,19,27H,17-18H2,1-3H3/t19-/m1/s1. The van der Waals surface area contributed by atoms with E-state index in [1.165, 1.54) is 5.56 Å². The minimum absolute atomic E-state index is 0.102. The first-order chi connectivity index (χ1) is 15.7. The molecule has 0 amide bonds. The first-order valence-electron chi connectivity index (χ1n) is 10.9. The summed E-state index contributed by atoms with van der Waals surface area (Å²) in [7, 11) is -3.72. The number of nitrogens with zero attached hydrogens (tertiary/aromatic N) is 1. The van der Waals surface area contributed by atoms with Crippen LogP contribution in [0.5, 0.6) is 0 Å². The molecule has 4 aromatic rings. The van der Waals surface area contributed by atoms with Crippen molar-refractivity contribution in [3.05, 3.63) is 99.7 Å². The number of fused-ring (bicyclic) bond motifs is 1. The zero-order valence-corrected chi connectivity index (χ0v) is 20.6. The van der Waals surface area contributed by atoms with Crippen LogP contribution in [0.25, 0.3) is 10.2 Å². The average Bonchev–Trinajstić information content (AvgIpc) is 3.08. The van der Waals surface area contributed by atoms with Gasteiger partial charge in [0.25, 0.3) is 0 Å². The van der Waals surface area contributed by atoms with Crippen molar-refractivity contribution >= 4 is 31.6 Å². The van der Waals surface area contributed by atoms with Crippen molar-refractivity contribution in [2.75, 3.05) is 0 Å². The van der Waals surface area contributed by atoms with E-state index in [9.17, 15) is 13.2 Å². The zero-order valence-electron chi connectivity index (χ0n) is 19.0. The molecule has 0 saturated carbocycles. The number of benzene rings is 3. The summed E-state index contributed by atoms with van der Waals surface area (Å²) >= 11 is 1.07. The Labute approximate surface area is 198 Å². The number of hydrogen-bond donors (Lipinski definition) is 1. The predicted octanol–water partition coefficient (Wildman–Crippen LogP) is 5.15. The Bertz CT molecular complexity index is 1410. The molecule has 0 fully saturated rings. The number of nitrogens with one attached hydrogen (secondary N) is 1. The lowest BCUT2D eigenvalue weighted by molar-refractivity contribution is 0.418. The highest BCUT2D eigenvalue weighted by Gasteiger charge is 2.26. The maximum atomic E-state index is 13.1. The Balaban J connectivity index is 1.54. The molecule has 0 aliphatic rings. The summed E-state index contributed by atoms with van der Waals surface area (Å²) in [6.07, 6.45) is 0.652. The van der Waals surface area contributed by atoms with Gasteiger partial charge in [0.2, 0.25) is 10.0 Å². The molecule has 0 saturated heterocycles. The fourth-order valence-corrected chi connectivity index (χ4v) is 6.55. The van der Waals surface area contributed by atoms with Gasteiger partial charge in [-0.1, -0.05) is 85.8 Å². The van der Waals surface area contributed by atoms with Crippen molar-refractivity contribution < 1.29 is 8.42 Å². The van der Waals surface area contributed by atoms with E-state index < -0.39 is 10.0 Å². The van der Waals surface area contributed by atoms with Crippen LogP contribution in [0.1, 0.15) is 38.3 Å². The molecule has 0 aliphatic carbocycles. The Morgan fingerprint density at radius 3 is 2.27 bits per heavy atom. The van der Waals surface area contributed by atoms with E-state index >= 15 is 0 Å². The van der Waals surface area contributed by atoms with Crippen molar-refractivity contribution in [1.82, 2.24) is 9.29 Å². The zero-order chi connectivity index (χ0) is 23.6. The van der Waals surface area contributed by atoms with Crippen LogP contribution in [0.2, 0.25) is 0 Å². The maximum absolute atomic E-state index is 13.1. The molecule has 0 spiro atoms. The summed E-state index contributed by atoms with van der Waals surface area (Å²) in [6.45, 7) is 6.57. The predicted molar refractivity (Wildman–Crippen MR) is 135 cm³/mol. The molecule has 4 rings (SSSR count). The van der Waals surface area contributed by atoms with Crippen LogP contribution in [-0.4, -0.2) is 19.0 Å². The van der Waals surface area contributed by atoms with Gasteiger partial charge in [0.05, 0.1) is 21.7 Å². The van der Waals surface area contributed by atoms with Crippen LogP contribution >= 0.6 is 11.3 Å². The minimum atomic E-state index is -3.72. The smallest absolute Gasteiger partial charge is 0.294 e. The molecule has 0 bridgehead atoms. The van der Waals surface area contributed by atoms with Crippen LogP contribution < -0.4 is 9.60 Å². The number of rotatable bonds is 8. The van der Waals surface area contributed by atoms with Crippen LogP contribution in [-0.2, 0) is 22.0 Å². The van der Waals surface area contributed by atoms with Gasteiger partial charge in [0.1, 0.15) is 0 Å². The van der Waals surface area contributed by atoms with Crippen molar-refractivity contribution in [2.45, 2.75) is 50.1 Å². The van der Waals surface area contributed by atoms with E-state index in [1.54, 1.807) is 22.8 Å². The summed E-state index contributed by atoms with van der Waals surface area (Å²) < 4.78 is 31.4. The summed E-state index contributed by atoms with van der Waals surface area (Å²) in [5.74, 6) is 0. The highest BCUT2D eigenvalue weighted by Crippen LogP contribution is 2.29. The lowest BCUT2D eigenvalue weighted by Crippen LogP contribution is -2.37. The average molecular weight is 481 g/mol. The second kappa shape index (κ2) is 9.25. The third-order valence-electron chi connectivity index (χ3n) is 5.86. The molecule has 1 atom stereocenters. The number of sulfonamides is 1. The van der Waals surface area contributed by atoms with Crippen molar-refractivity contribution in [1.29, 1.82) is 0 Å². The molecule has 1 aromatic heterocycles. The summed E-state index contributed by atoms with van der Waals surface area (Å²) in [5.41, 5.74) is 2.75. The van der Waals surface area contributed by atoms with Gasteiger partial charge in [-0.25, -0.2) is 13.1 Å². The number of thiazole rings is 1. The molecule has 33 heavy (non-hydrogen) atoms. The van der Waals surface area contributed by atoms with Crippen molar-refractivity contribution in [2.24, 2.45) is 0 Å². The quantitative estimate of drug-likeness (QED) is 0.379. The molecule has 1 heterocycles. The Hall–Kier alpha value is -2.74. The second-order valence-electron chi connectivity index (χ2n) is 9.05. The van der Waals surface area contributed by atoms with E-state index in [4.69, 9.17) is 0 Å². The molecule has 0 radical (unpaired) electrons. The van der Waals surface area contributed by atoms with E-state index in [0.717, 1.165) is 22.4 Å². The first kappa shape index (κ1) is 23.4. The molecule has 1 N–H and O–H groups in total. The highest BCUT2D eigenvalue weighted by molar-refractivity contribution is 7.89. The normalized spacial score (nSPS) is 13.3. The topological polar surface area (TPSA) is 68.2 Å². The van der Waals surface area contributed by atoms with E-state index in [2.05, 4.69) is 30.7 Å². The summed E-state index contributed by atoms with van der Waals surface area (Å²) in [5, 5.41) is 0. The van der Waals surface area contributed by atoms with Gasteiger partial charge >= 0.3 is 4.87 Å². The van der Waals surface area contributed by atoms with E-state index in [-0.39, 0.29) is 21.2 Å². The lowest BCUT2D eigenvalue weighted by Gasteiger charge is -2.29. The second-order valence-corrected chi connectivity index (χ2v) is 11.8. The number of hydrogen-bond acceptors (Lipinski definition) is 4. The van der Waals surface area contributed by atoms with Gasteiger partial charge in [0, 0.05) is 6.04 Å². The van der Waals surface area contributed by atoms with Crippen LogP contribution in [0, 0.1) is 0 Å². The van der Waals surface area contributed by atoms with Gasteiger partial charge < -0.3 is 0 Å². The van der Waals surface area contributed by atoms with Gasteiger partial charge in [-0.05, 0) is 48.1 Å². The summed E-state index contributed by atoms with van der Waals surface area (Å²) in [4.78, 5) is 12.7. The molecule has 3 aromatic carbocycles. The van der Waals surface area contributed by atoms with Gasteiger partial charge in [-0.2, -0.15) is 0 Å². The van der Waals surface area contributed by atoms with Gasteiger partial charge in [-0.3, -0.25) is 9.36 Å². The molecule has 172 valence electrons. The van der Waals surface area contributed by atoms with Crippen molar-refractivity contribution in [3.8, 4) is 0 Å². The van der Waals surface area contributed by atoms with Crippen molar-refractivity contribution in [3.63, 3.8) is 0 Å². The largest absolute Gasteiger partial charge is 0.308 e. The molecule has 5 nitrogen and oxygen atoms in total. The van der Waals surface area contributed by atoms with E-state index in [0.29, 0.717) is 17.7 Å². The van der Waals surface area contributed by atoms with Crippen LogP contribution in [0.3, 0.4) is 0 Å². The monoisotopic (exact) mass is 480 g/mol. The maximum Gasteiger partial charge on any atom is 0.308 e.